The van der Waals surface area contributed by atoms with E-state index in [0.29, 0.717) is 11.8 Å². The van der Waals surface area contributed by atoms with E-state index in [0.717, 1.165) is 23.7 Å². The van der Waals surface area contributed by atoms with Gasteiger partial charge in [-0.3, -0.25) is 0 Å². The van der Waals surface area contributed by atoms with Crippen LogP contribution in [0.4, 0.5) is 0 Å². The fourth-order valence-electron chi connectivity index (χ4n) is 3.02. The standard InChI is InChI=1S/C16H21N3O/c1-2-11-8-9-13(10-11)15-18-16(20-19-15)14(17)12-6-4-3-5-7-12/h3-7,11,13-14H,2,8-10,17H2,1H3/t11?,13?,14-/m0/s1. The van der Waals surface area contributed by atoms with Gasteiger partial charge in [0.25, 0.3) is 0 Å². The first-order chi connectivity index (χ1) is 9.78. The van der Waals surface area contributed by atoms with Crippen molar-refractivity contribution in [3.63, 3.8) is 0 Å². The van der Waals surface area contributed by atoms with E-state index in [9.17, 15) is 0 Å². The van der Waals surface area contributed by atoms with Crippen molar-refractivity contribution in [3.05, 3.63) is 47.6 Å². The summed E-state index contributed by atoms with van der Waals surface area (Å²) < 4.78 is 5.38. The van der Waals surface area contributed by atoms with Crippen LogP contribution in [0, 0.1) is 5.92 Å². The molecule has 0 aliphatic heterocycles. The van der Waals surface area contributed by atoms with Crippen LogP contribution in [0.3, 0.4) is 0 Å². The molecule has 4 heteroatoms. The zero-order valence-electron chi connectivity index (χ0n) is 11.8. The summed E-state index contributed by atoms with van der Waals surface area (Å²) in [5.74, 6) is 2.61. The van der Waals surface area contributed by atoms with Gasteiger partial charge in [0.15, 0.2) is 5.82 Å². The third-order valence-corrected chi connectivity index (χ3v) is 4.37. The van der Waals surface area contributed by atoms with E-state index in [4.69, 9.17) is 10.3 Å². The first-order valence-electron chi connectivity index (χ1n) is 7.42. The fourth-order valence-corrected chi connectivity index (χ4v) is 3.02. The van der Waals surface area contributed by atoms with Gasteiger partial charge in [-0.15, -0.1) is 0 Å². The Morgan fingerprint density at radius 2 is 2.10 bits per heavy atom. The maximum atomic E-state index is 6.19. The van der Waals surface area contributed by atoms with Crippen molar-refractivity contribution in [2.45, 2.75) is 44.6 Å². The van der Waals surface area contributed by atoms with Gasteiger partial charge in [-0.25, -0.2) is 0 Å². The van der Waals surface area contributed by atoms with E-state index in [1.54, 1.807) is 0 Å². The number of nitrogens with zero attached hydrogens (tertiary/aromatic N) is 2. The number of aromatic nitrogens is 2. The monoisotopic (exact) mass is 271 g/mol. The summed E-state index contributed by atoms with van der Waals surface area (Å²) in [6, 6.07) is 9.54. The van der Waals surface area contributed by atoms with Gasteiger partial charge in [0.1, 0.15) is 6.04 Å². The third-order valence-electron chi connectivity index (χ3n) is 4.37. The SMILES string of the molecule is CCC1CCC(c2noc([C@@H](N)c3ccccc3)n2)C1. The van der Waals surface area contributed by atoms with Crippen LogP contribution in [0.15, 0.2) is 34.9 Å². The predicted molar refractivity (Wildman–Crippen MR) is 77.1 cm³/mol. The molecule has 20 heavy (non-hydrogen) atoms. The molecule has 1 aromatic heterocycles. The molecule has 1 saturated carbocycles. The molecule has 106 valence electrons. The lowest BCUT2D eigenvalue weighted by molar-refractivity contribution is 0.359. The smallest absolute Gasteiger partial charge is 0.248 e. The Kier molecular flexibility index (Phi) is 3.83. The second-order valence-electron chi connectivity index (χ2n) is 5.66. The van der Waals surface area contributed by atoms with Crippen molar-refractivity contribution < 1.29 is 4.52 Å². The molecule has 3 rings (SSSR count). The van der Waals surface area contributed by atoms with Gasteiger partial charge >= 0.3 is 0 Å². The summed E-state index contributed by atoms with van der Waals surface area (Å²) in [6.45, 7) is 2.25. The third kappa shape index (κ3) is 2.61. The average Bonchev–Trinajstić information content (AvgIpc) is 3.16. The lowest BCUT2D eigenvalue weighted by atomic mass is 10.0. The molecule has 2 unspecified atom stereocenters. The minimum atomic E-state index is -0.333. The minimum Gasteiger partial charge on any atom is -0.337 e. The predicted octanol–water partition coefficient (Wildman–Crippen LogP) is 3.41. The maximum absolute atomic E-state index is 6.19. The van der Waals surface area contributed by atoms with Crippen LogP contribution in [-0.4, -0.2) is 10.1 Å². The second-order valence-corrected chi connectivity index (χ2v) is 5.66. The molecule has 0 amide bonds. The van der Waals surface area contributed by atoms with E-state index in [2.05, 4.69) is 17.1 Å². The Morgan fingerprint density at radius 3 is 2.80 bits per heavy atom. The Hall–Kier alpha value is -1.68. The molecular formula is C16H21N3O. The molecule has 0 bridgehead atoms. The molecule has 1 heterocycles. The molecular weight excluding hydrogens is 250 g/mol. The van der Waals surface area contributed by atoms with Crippen LogP contribution in [0.1, 0.15) is 61.8 Å². The molecule has 1 aliphatic rings. The Balaban J connectivity index is 1.74. The largest absolute Gasteiger partial charge is 0.337 e. The van der Waals surface area contributed by atoms with Gasteiger partial charge in [-0.2, -0.15) is 4.98 Å². The molecule has 0 radical (unpaired) electrons. The lowest BCUT2D eigenvalue weighted by Gasteiger charge is -2.06. The highest BCUT2D eigenvalue weighted by molar-refractivity contribution is 5.23. The van der Waals surface area contributed by atoms with E-state index < -0.39 is 0 Å². The molecule has 1 fully saturated rings. The van der Waals surface area contributed by atoms with E-state index >= 15 is 0 Å². The average molecular weight is 271 g/mol. The second kappa shape index (κ2) is 5.75. The highest BCUT2D eigenvalue weighted by atomic mass is 16.5. The Morgan fingerprint density at radius 1 is 1.30 bits per heavy atom. The van der Waals surface area contributed by atoms with Gasteiger partial charge < -0.3 is 10.3 Å². The van der Waals surface area contributed by atoms with Crippen molar-refractivity contribution in [3.8, 4) is 0 Å². The quantitative estimate of drug-likeness (QED) is 0.925. The normalized spacial score (nSPS) is 23.9. The minimum absolute atomic E-state index is 0.333. The van der Waals surface area contributed by atoms with Gasteiger partial charge in [-0.05, 0) is 30.7 Å². The molecule has 3 atom stereocenters. The van der Waals surface area contributed by atoms with Crippen molar-refractivity contribution in [2.24, 2.45) is 11.7 Å². The van der Waals surface area contributed by atoms with Crippen LogP contribution in [0.5, 0.6) is 0 Å². The molecule has 2 N–H and O–H groups in total. The number of nitrogens with two attached hydrogens (primary N) is 1. The topological polar surface area (TPSA) is 64.9 Å². The highest BCUT2D eigenvalue weighted by Crippen LogP contribution is 2.38. The first-order valence-corrected chi connectivity index (χ1v) is 7.42. The van der Waals surface area contributed by atoms with Crippen LogP contribution in [0.2, 0.25) is 0 Å². The molecule has 0 saturated heterocycles. The summed E-state index contributed by atoms with van der Waals surface area (Å²) in [5, 5.41) is 4.15. The van der Waals surface area contributed by atoms with E-state index in [1.807, 2.05) is 30.3 Å². The van der Waals surface area contributed by atoms with Crippen molar-refractivity contribution in [1.29, 1.82) is 0 Å². The summed E-state index contributed by atoms with van der Waals surface area (Å²) in [5.41, 5.74) is 7.19. The van der Waals surface area contributed by atoms with Crippen LogP contribution in [-0.2, 0) is 0 Å². The highest BCUT2D eigenvalue weighted by Gasteiger charge is 2.29. The Bertz CT molecular complexity index is 552. The fraction of sp³-hybridized carbons (Fsp3) is 0.500. The zero-order valence-corrected chi connectivity index (χ0v) is 11.8. The summed E-state index contributed by atoms with van der Waals surface area (Å²) in [7, 11) is 0. The molecule has 0 spiro atoms. The molecule has 1 aromatic carbocycles. The number of hydrogen-bond donors (Lipinski definition) is 1. The molecule has 2 aromatic rings. The Labute approximate surface area is 119 Å². The molecule has 4 nitrogen and oxygen atoms in total. The van der Waals surface area contributed by atoms with Gasteiger partial charge in [0, 0.05) is 5.92 Å². The van der Waals surface area contributed by atoms with Gasteiger partial charge in [-0.1, -0.05) is 48.8 Å². The van der Waals surface area contributed by atoms with E-state index in [1.165, 1.54) is 19.3 Å². The van der Waals surface area contributed by atoms with Crippen molar-refractivity contribution in [1.82, 2.24) is 10.1 Å². The van der Waals surface area contributed by atoms with Crippen LogP contribution in [0.25, 0.3) is 0 Å². The number of benzene rings is 1. The zero-order chi connectivity index (χ0) is 13.9. The van der Waals surface area contributed by atoms with Gasteiger partial charge in [0.2, 0.25) is 5.89 Å². The first kappa shape index (κ1) is 13.3. The van der Waals surface area contributed by atoms with Crippen molar-refractivity contribution >= 4 is 0 Å². The summed E-state index contributed by atoms with van der Waals surface area (Å²) in [6.07, 6.45) is 4.86. The summed E-state index contributed by atoms with van der Waals surface area (Å²) in [4.78, 5) is 4.53. The van der Waals surface area contributed by atoms with E-state index in [-0.39, 0.29) is 6.04 Å². The van der Waals surface area contributed by atoms with Crippen LogP contribution >= 0.6 is 0 Å². The van der Waals surface area contributed by atoms with Crippen LogP contribution < -0.4 is 5.73 Å². The summed E-state index contributed by atoms with van der Waals surface area (Å²) >= 11 is 0. The maximum Gasteiger partial charge on any atom is 0.248 e. The number of hydrogen-bond acceptors (Lipinski definition) is 4. The van der Waals surface area contributed by atoms with Crippen molar-refractivity contribution in [2.75, 3.05) is 0 Å². The number of rotatable bonds is 4. The van der Waals surface area contributed by atoms with Gasteiger partial charge in [0.05, 0.1) is 0 Å². The molecule has 1 aliphatic carbocycles. The lowest BCUT2D eigenvalue weighted by Crippen LogP contribution is -2.12.